The predicted molar refractivity (Wildman–Crippen MR) is 92.0 cm³/mol. The Morgan fingerprint density at radius 2 is 1.80 bits per heavy atom. The highest BCUT2D eigenvalue weighted by molar-refractivity contribution is 5.81. The maximum atomic E-state index is 12.7. The van der Waals surface area contributed by atoms with Crippen molar-refractivity contribution >= 4 is 11.9 Å². The largest absolute Gasteiger partial charge is 0.480 e. The number of carboxylic acid groups (broad SMARTS) is 1. The first kappa shape index (κ1) is 17.3. The van der Waals surface area contributed by atoms with Crippen LogP contribution in [-0.4, -0.2) is 60.3 Å². The van der Waals surface area contributed by atoms with Crippen LogP contribution in [0.25, 0.3) is 0 Å². The lowest BCUT2D eigenvalue weighted by molar-refractivity contribution is -0.147. The van der Waals surface area contributed by atoms with Crippen LogP contribution in [0.1, 0.15) is 39.0 Å². The Hall–Kier alpha value is -1.14. The minimum absolute atomic E-state index is 0.0295. The maximum Gasteiger partial charge on any atom is 0.317 e. The van der Waals surface area contributed by atoms with Crippen LogP contribution in [-0.2, 0) is 14.3 Å². The van der Waals surface area contributed by atoms with Crippen molar-refractivity contribution in [2.75, 3.05) is 26.2 Å². The minimum atomic E-state index is -0.858. The molecule has 2 N–H and O–H groups in total. The molecule has 4 saturated carbocycles. The second-order valence-corrected chi connectivity index (χ2v) is 8.79. The average Bonchev–Trinajstić information content (AvgIpc) is 2.53. The Morgan fingerprint density at radius 3 is 2.40 bits per heavy atom. The molecular formula is C19H30N2O4. The van der Waals surface area contributed by atoms with Gasteiger partial charge in [0.05, 0.1) is 13.2 Å². The number of hydrogen-bond acceptors (Lipinski definition) is 4. The van der Waals surface area contributed by atoms with E-state index in [1.54, 1.807) is 4.90 Å². The molecule has 4 bridgehead atoms. The Morgan fingerprint density at radius 1 is 1.16 bits per heavy atom. The summed E-state index contributed by atoms with van der Waals surface area (Å²) in [7, 11) is 0. The van der Waals surface area contributed by atoms with Crippen LogP contribution in [0.2, 0.25) is 0 Å². The van der Waals surface area contributed by atoms with E-state index in [2.05, 4.69) is 12.2 Å². The molecule has 1 amide bonds. The highest BCUT2D eigenvalue weighted by Gasteiger charge is 2.50. The summed E-state index contributed by atoms with van der Waals surface area (Å²) in [6.07, 6.45) is 6.30. The van der Waals surface area contributed by atoms with Gasteiger partial charge in [-0.05, 0) is 68.6 Å². The summed E-state index contributed by atoms with van der Waals surface area (Å²) in [5, 5.41) is 12.2. The van der Waals surface area contributed by atoms with Gasteiger partial charge >= 0.3 is 5.97 Å². The second-order valence-electron chi connectivity index (χ2n) is 8.79. The van der Waals surface area contributed by atoms with Crippen molar-refractivity contribution in [3.63, 3.8) is 0 Å². The van der Waals surface area contributed by atoms with Crippen molar-refractivity contribution in [1.82, 2.24) is 10.2 Å². The number of rotatable bonds is 5. The molecule has 0 aromatic rings. The van der Waals surface area contributed by atoms with Crippen molar-refractivity contribution in [3.05, 3.63) is 0 Å². The lowest BCUT2D eigenvalue weighted by Crippen LogP contribution is -2.56. The van der Waals surface area contributed by atoms with Gasteiger partial charge in [-0.1, -0.05) is 0 Å². The maximum absolute atomic E-state index is 12.7. The monoisotopic (exact) mass is 350 g/mol. The van der Waals surface area contributed by atoms with Crippen LogP contribution in [0.15, 0.2) is 0 Å². The van der Waals surface area contributed by atoms with Gasteiger partial charge < -0.3 is 15.2 Å². The Labute approximate surface area is 149 Å². The number of aliphatic carboxylic acids is 1. The second kappa shape index (κ2) is 6.88. The number of hydrogen-bond donors (Lipinski definition) is 2. The van der Waals surface area contributed by atoms with Crippen LogP contribution in [0.4, 0.5) is 0 Å². The SMILES string of the molecule is CC(NC(=O)C1CN(CC(=O)O)CCO1)C1C2CC3CC(C2)CC1C3. The predicted octanol–water partition coefficient (Wildman–Crippen LogP) is 1.35. The van der Waals surface area contributed by atoms with Gasteiger partial charge in [-0.15, -0.1) is 0 Å². The van der Waals surface area contributed by atoms with E-state index in [0.717, 1.165) is 23.7 Å². The summed E-state index contributed by atoms with van der Waals surface area (Å²) in [4.78, 5) is 25.3. The lowest BCUT2D eigenvalue weighted by atomic mass is 9.50. The molecule has 1 aliphatic heterocycles. The van der Waals surface area contributed by atoms with Crippen molar-refractivity contribution in [3.8, 4) is 0 Å². The van der Waals surface area contributed by atoms with Crippen LogP contribution >= 0.6 is 0 Å². The Kier molecular flexibility index (Phi) is 4.75. The summed E-state index contributed by atoms with van der Waals surface area (Å²) in [6, 6.07) is 0.181. The molecule has 5 rings (SSSR count). The molecule has 5 aliphatic rings. The molecule has 2 unspecified atom stereocenters. The molecule has 6 nitrogen and oxygen atoms in total. The first-order chi connectivity index (χ1) is 12.0. The Bertz CT molecular complexity index is 510. The summed E-state index contributed by atoms with van der Waals surface area (Å²) in [6.45, 7) is 3.48. The fourth-order valence-corrected chi connectivity index (χ4v) is 6.39. The highest BCUT2D eigenvalue weighted by Crippen LogP contribution is 2.57. The summed E-state index contributed by atoms with van der Waals surface area (Å²) >= 11 is 0. The molecule has 4 aliphatic carbocycles. The van der Waals surface area contributed by atoms with E-state index in [-0.39, 0.29) is 18.5 Å². The van der Waals surface area contributed by atoms with Crippen molar-refractivity contribution in [2.45, 2.75) is 51.2 Å². The van der Waals surface area contributed by atoms with Crippen LogP contribution < -0.4 is 5.32 Å². The van der Waals surface area contributed by atoms with Gasteiger partial charge in [0.25, 0.3) is 5.91 Å². The average molecular weight is 350 g/mol. The zero-order chi connectivity index (χ0) is 17.6. The molecular weight excluding hydrogens is 320 g/mol. The Balaban J connectivity index is 1.33. The summed E-state index contributed by atoms with van der Waals surface area (Å²) in [5.41, 5.74) is 0. The molecule has 5 fully saturated rings. The summed E-state index contributed by atoms with van der Waals surface area (Å²) in [5.74, 6) is 3.11. The standard InChI is InChI=1S/C19H30N2O4/c1-11(18-14-5-12-4-13(7-14)8-15(18)6-12)20-19(24)16-9-21(2-3-25-16)10-17(22)23/h11-16,18H,2-10H2,1H3,(H,20,24)(H,22,23). The molecule has 1 heterocycles. The normalized spacial score (nSPS) is 41.5. The molecule has 25 heavy (non-hydrogen) atoms. The smallest absolute Gasteiger partial charge is 0.317 e. The van der Waals surface area contributed by atoms with Gasteiger partial charge in [0.15, 0.2) is 0 Å². The molecule has 0 aromatic heterocycles. The van der Waals surface area contributed by atoms with Crippen LogP contribution in [0.5, 0.6) is 0 Å². The van der Waals surface area contributed by atoms with E-state index in [0.29, 0.717) is 25.6 Å². The van der Waals surface area contributed by atoms with Crippen LogP contribution in [0, 0.1) is 29.6 Å². The van der Waals surface area contributed by atoms with Gasteiger partial charge in [0.1, 0.15) is 6.10 Å². The number of carbonyl (C=O) groups is 2. The number of carboxylic acids is 1. The quantitative estimate of drug-likeness (QED) is 0.782. The van der Waals surface area contributed by atoms with E-state index in [1.807, 2.05) is 0 Å². The fraction of sp³-hybridized carbons (Fsp3) is 0.895. The van der Waals surface area contributed by atoms with E-state index in [4.69, 9.17) is 9.84 Å². The first-order valence-electron chi connectivity index (χ1n) is 9.85. The van der Waals surface area contributed by atoms with Gasteiger partial charge in [-0.3, -0.25) is 14.5 Å². The van der Waals surface area contributed by atoms with E-state index >= 15 is 0 Å². The third-order valence-electron chi connectivity index (χ3n) is 7.05. The minimum Gasteiger partial charge on any atom is -0.480 e. The zero-order valence-corrected chi connectivity index (χ0v) is 15.0. The number of morpholine rings is 1. The van der Waals surface area contributed by atoms with E-state index in [9.17, 15) is 9.59 Å². The third-order valence-corrected chi connectivity index (χ3v) is 7.05. The number of nitrogens with zero attached hydrogens (tertiary/aromatic N) is 1. The van der Waals surface area contributed by atoms with Gasteiger partial charge in [-0.25, -0.2) is 0 Å². The third kappa shape index (κ3) is 3.56. The molecule has 6 heteroatoms. The van der Waals surface area contributed by atoms with Crippen LogP contribution in [0.3, 0.4) is 0 Å². The number of ether oxygens (including phenoxy) is 1. The van der Waals surface area contributed by atoms with E-state index < -0.39 is 12.1 Å². The molecule has 140 valence electrons. The topological polar surface area (TPSA) is 78.9 Å². The lowest BCUT2D eigenvalue weighted by Gasteiger charge is -2.56. The van der Waals surface area contributed by atoms with E-state index in [1.165, 1.54) is 32.1 Å². The molecule has 2 atom stereocenters. The fourth-order valence-electron chi connectivity index (χ4n) is 6.39. The van der Waals surface area contributed by atoms with Gasteiger partial charge in [-0.2, -0.15) is 0 Å². The molecule has 1 saturated heterocycles. The van der Waals surface area contributed by atoms with Crippen molar-refractivity contribution in [2.24, 2.45) is 29.6 Å². The zero-order valence-electron chi connectivity index (χ0n) is 15.0. The highest BCUT2D eigenvalue weighted by atomic mass is 16.5. The number of amides is 1. The van der Waals surface area contributed by atoms with Crippen molar-refractivity contribution in [1.29, 1.82) is 0 Å². The van der Waals surface area contributed by atoms with Gasteiger partial charge in [0.2, 0.25) is 0 Å². The first-order valence-corrected chi connectivity index (χ1v) is 9.85. The number of nitrogens with one attached hydrogen (secondary N) is 1. The molecule has 0 radical (unpaired) electrons. The summed E-state index contributed by atoms with van der Waals surface area (Å²) < 4.78 is 5.61. The number of carbonyl (C=O) groups excluding carboxylic acids is 1. The van der Waals surface area contributed by atoms with Crippen molar-refractivity contribution < 1.29 is 19.4 Å². The van der Waals surface area contributed by atoms with Gasteiger partial charge in [0, 0.05) is 19.1 Å². The molecule has 0 spiro atoms. The molecule has 0 aromatic carbocycles.